The van der Waals surface area contributed by atoms with Gasteiger partial charge in [-0.3, -0.25) is 4.68 Å². The van der Waals surface area contributed by atoms with Gasteiger partial charge in [-0.1, -0.05) is 0 Å². The van der Waals surface area contributed by atoms with Crippen molar-refractivity contribution in [2.45, 2.75) is 58.9 Å². The van der Waals surface area contributed by atoms with Gasteiger partial charge in [0.1, 0.15) is 4.90 Å². The van der Waals surface area contributed by atoms with Crippen LogP contribution in [0.2, 0.25) is 0 Å². The first kappa shape index (κ1) is 17.4. The fraction of sp³-hybridized carbons (Fsp3) is 0.533. The lowest BCUT2D eigenvalue weighted by Gasteiger charge is -2.21. The normalized spacial score (nSPS) is 12.5. The molecule has 126 valence electrons. The minimum atomic E-state index is -3.81. The average molecular weight is 337 g/mol. The van der Waals surface area contributed by atoms with E-state index in [1.165, 1.54) is 0 Å². The fourth-order valence-corrected chi connectivity index (χ4v) is 3.95. The van der Waals surface area contributed by atoms with Gasteiger partial charge in [-0.2, -0.15) is 5.10 Å². The summed E-state index contributed by atoms with van der Waals surface area (Å²) in [6.45, 7) is 12.9. The van der Waals surface area contributed by atoms with Crippen molar-refractivity contribution in [3.8, 4) is 0 Å². The molecule has 0 spiro atoms. The first-order chi connectivity index (χ1) is 10.4. The smallest absolute Gasteiger partial charge is 0.263 e. The van der Waals surface area contributed by atoms with Crippen molar-refractivity contribution in [2.24, 2.45) is 0 Å². The molecule has 2 heterocycles. The van der Waals surface area contributed by atoms with Crippen LogP contribution in [0.15, 0.2) is 11.0 Å². The molecule has 0 saturated carbocycles. The van der Waals surface area contributed by atoms with Crippen molar-refractivity contribution in [1.82, 2.24) is 19.7 Å². The van der Waals surface area contributed by atoms with Crippen LogP contribution in [0.5, 0.6) is 0 Å². The van der Waals surface area contributed by atoms with Gasteiger partial charge in [0.05, 0.1) is 16.9 Å². The summed E-state index contributed by atoms with van der Waals surface area (Å²) >= 11 is 0. The van der Waals surface area contributed by atoms with Gasteiger partial charge in [-0.15, -0.1) is 0 Å². The van der Waals surface area contributed by atoms with Crippen molar-refractivity contribution in [2.75, 3.05) is 4.72 Å². The van der Waals surface area contributed by atoms with Gasteiger partial charge in [0, 0.05) is 11.4 Å². The van der Waals surface area contributed by atoms with Gasteiger partial charge in [0.15, 0.2) is 0 Å². The molecular formula is C15H23N5O2S. The number of aryl methyl sites for hydroxylation is 3. The standard InChI is InChI=1S/C15H23N5O2S/c1-9-8-10(2)17-14(16-9)19-23(21,22)13-11(3)18-20(12(13)4)15(5,6)7/h8H,1-7H3,(H,16,17,19). The second kappa shape index (κ2) is 5.59. The van der Waals surface area contributed by atoms with Crippen LogP contribution in [0.4, 0.5) is 5.95 Å². The van der Waals surface area contributed by atoms with Crippen molar-refractivity contribution in [3.63, 3.8) is 0 Å². The van der Waals surface area contributed by atoms with E-state index in [1.54, 1.807) is 38.4 Å². The van der Waals surface area contributed by atoms with Gasteiger partial charge in [-0.25, -0.2) is 23.1 Å². The van der Waals surface area contributed by atoms with Crippen LogP contribution < -0.4 is 4.72 Å². The summed E-state index contributed by atoms with van der Waals surface area (Å²) < 4.78 is 29.7. The van der Waals surface area contributed by atoms with E-state index in [0.29, 0.717) is 22.8 Å². The molecule has 0 aliphatic carbocycles. The number of hydrogen-bond acceptors (Lipinski definition) is 5. The average Bonchev–Trinajstić information content (AvgIpc) is 2.62. The third-order valence-corrected chi connectivity index (χ3v) is 4.92. The Labute approximate surface area is 137 Å². The Morgan fingerprint density at radius 2 is 1.57 bits per heavy atom. The van der Waals surface area contributed by atoms with E-state index in [9.17, 15) is 8.42 Å². The van der Waals surface area contributed by atoms with E-state index in [2.05, 4.69) is 19.8 Å². The number of hydrogen-bond donors (Lipinski definition) is 1. The van der Waals surface area contributed by atoms with Crippen molar-refractivity contribution in [3.05, 3.63) is 28.8 Å². The lowest BCUT2D eigenvalue weighted by atomic mass is 10.1. The molecule has 0 bridgehead atoms. The number of aromatic nitrogens is 4. The van der Waals surface area contributed by atoms with Crippen LogP contribution in [0, 0.1) is 27.7 Å². The third kappa shape index (κ3) is 3.52. The number of rotatable bonds is 3. The predicted octanol–water partition coefficient (Wildman–Crippen LogP) is 2.46. The Bertz CT molecular complexity index is 827. The van der Waals surface area contributed by atoms with Gasteiger partial charge in [0.25, 0.3) is 10.0 Å². The summed E-state index contributed by atoms with van der Waals surface area (Å²) in [5.41, 5.74) is 2.14. The molecule has 0 amide bonds. The Morgan fingerprint density at radius 3 is 2.00 bits per heavy atom. The van der Waals surface area contributed by atoms with Gasteiger partial charge in [0.2, 0.25) is 5.95 Å². The number of nitrogens with zero attached hydrogens (tertiary/aromatic N) is 4. The van der Waals surface area contributed by atoms with Crippen LogP contribution in [-0.4, -0.2) is 28.2 Å². The summed E-state index contributed by atoms with van der Waals surface area (Å²) in [5.74, 6) is 0.0739. The molecule has 0 aliphatic heterocycles. The molecule has 1 N–H and O–H groups in total. The topological polar surface area (TPSA) is 89.8 Å². The quantitative estimate of drug-likeness (QED) is 0.929. The maximum absolute atomic E-state index is 12.8. The fourth-order valence-electron chi connectivity index (χ4n) is 2.61. The van der Waals surface area contributed by atoms with Crippen molar-refractivity contribution < 1.29 is 8.42 Å². The molecule has 0 aliphatic rings. The molecular weight excluding hydrogens is 314 g/mol. The summed E-state index contributed by atoms with van der Waals surface area (Å²) in [5, 5.41) is 4.38. The predicted molar refractivity (Wildman–Crippen MR) is 89.0 cm³/mol. The second-order valence-corrected chi connectivity index (χ2v) is 8.28. The molecule has 0 aromatic carbocycles. The van der Waals surface area contributed by atoms with Gasteiger partial charge < -0.3 is 0 Å². The second-order valence-electron chi connectivity index (χ2n) is 6.66. The van der Waals surface area contributed by atoms with Gasteiger partial charge in [-0.05, 0) is 54.5 Å². The molecule has 23 heavy (non-hydrogen) atoms. The molecule has 0 atom stereocenters. The SMILES string of the molecule is Cc1cc(C)nc(NS(=O)(=O)c2c(C)nn(C(C)(C)C)c2C)n1. The molecule has 0 fully saturated rings. The first-order valence-electron chi connectivity index (χ1n) is 7.33. The molecule has 2 rings (SSSR count). The molecule has 0 radical (unpaired) electrons. The zero-order valence-electron chi connectivity index (χ0n) is 14.6. The molecule has 7 nitrogen and oxygen atoms in total. The van der Waals surface area contributed by atoms with Crippen molar-refractivity contribution in [1.29, 1.82) is 0 Å². The highest BCUT2D eigenvalue weighted by Gasteiger charge is 2.29. The lowest BCUT2D eigenvalue weighted by Crippen LogP contribution is -2.25. The highest BCUT2D eigenvalue weighted by Crippen LogP contribution is 2.26. The summed E-state index contributed by atoms with van der Waals surface area (Å²) in [4.78, 5) is 8.44. The molecule has 2 aromatic rings. The van der Waals surface area contributed by atoms with E-state index in [4.69, 9.17) is 0 Å². The zero-order valence-corrected chi connectivity index (χ0v) is 15.4. The van der Waals surface area contributed by atoms with Gasteiger partial charge >= 0.3 is 0 Å². The van der Waals surface area contributed by atoms with E-state index in [0.717, 1.165) is 0 Å². The Kier molecular flexibility index (Phi) is 4.23. The minimum Gasteiger partial charge on any atom is -0.263 e. The maximum Gasteiger partial charge on any atom is 0.267 e. The Balaban J connectivity index is 2.50. The van der Waals surface area contributed by atoms with E-state index in [-0.39, 0.29) is 16.4 Å². The number of sulfonamides is 1. The number of anilines is 1. The highest BCUT2D eigenvalue weighted by molar-refractivity contribution is 7.92. The molecule has 0 unspecified atom stereocenters. The molecule has 0 saturated heterocycles. The van der Waals surface area contributed by atoms with Crippen molar-refractivity contribution >= 4 is 16.0 Å². The first-order valence-corrected chi connectivity index (χ1v) is 8.82. The van der Waals surface area contributed by atoms with Crippen LogP contribution in [0.25, 0.3) is 0 Å². The van der Waals surface area contributed by atoms with Crippen LogP contribution in [0.3, 0.4) is 0 Å². The largest absolute Gasteiger partial charge is 0.267 e. The Hall–Kier alpha value is -1.96. The van der Waals surface area contributed by atoms with Crippen LogP contribution in [-0.2, 0) is 15.6 Å². The minimum absolute atomic E-state index is 0.0739. The monoisotopic (exact) mass is 337 g/mol. The summed E-state index contributed by atoms with van der Waals surface area (Å²) in [6.07, 6.45) is 0. The summed E-state index contributed by atoms with van der Waals surface area (Å²) in [6, 6.07) is 1.78. The Morgan fingerprint density at radius 1 is 1.04 bits per heavy atom. The van der Waals surface area contributed by atoms with E-state index >= 15 is 0 Å². The van der Waals surface area contributed by atoms with E-state index in [1.807, 2.05) is 20.8 Å². The zero-order chi connectivity index (χ0) is 17.6. The lowest BCUT2D eigenvalue weighted by molar-refractivity contribution is 0.345. The van der Waals surface area contributed by atoms with Crippen LogP contribution in [0.1, 0.15) is 43.5 Å². The molecule has 2 aromatic heterocycles. The molecule has 8 heteroatoms. The third-order valence-electron chi connectivity index (χ3n) is 3.34. The maximum atomic E-state index is 12.8. The van der Waals surface area contributed by atoms with E-state index < -0.39 is 10.0 Å². The highest BCUT2D eigenvalue weighted by atomic mass is 32.2. The number of nitrogens with one attached hydrogen (secondary N) is 1. The van der Waals surface area contributed by atoms with Crippen LogP contribution >= 0.6 is 0 Å². The summed E-state index contributed by atoms with van der Waals surface area (Å²) in [7, 11) is -3.81.